The first-order valence-corrected chi connectivity index (χ1v) is 8.83. The summed E-state index contributed by atoms with van der Waals surface area (Å²) in [6, 6.07) is 15.4. The first kappa shape index (κ1) is 18.8. The van der Waals surface area contributed by atoms with E-state index in [1.807, 2.05) is 30.3 Å². The Balaban J connectivity index is 1.60. The van der Waals surface area contributed by atoms with E-state index in [0.717, 1.165) is 5.56 Å². The van der Waals surface area contributed by atoms with Gasteiger partial charge in [-0.15, -0.1) is 10.2 Å². The van der Waals surface area contributed by atoms with Crippen molar-refractivity contribution in [3.63, 3.8) is 0 Å². The summed E-state index contributed by atoms with van der Waals surface area (Å²) in [5.41, 5.74) is 1.96. The van der Waals surface area contributed by atoms with Gasteiger partial charge in [-0.05, 0) is 29.8 Å². The number of ether oxygens (including phenoxy) is 1. The zero-order valence-electron chi connectivity index (χ0n) is 15.1. The zero-order valence-corrected chi connectivity index (χ0v) is 15.1. The summed E-state index contributed by atoms with van der Waals surface area (Å²) >= 11 is 0. The van der Waals surface area contributed by atoms with E-state index >= 15 is 0 Å². The number of rotatable bonds is 7. The second-order valence-corrected chi connectivity index (χ2v) is 6.22. The lowest BCUT2D eigenvalue weighted by Gasteiger charge is -2.14. The number of anilines is 1. The molecule has 0 aliphatic rings. The molecule has 148 valence electrons. The Morgan fingerprint density at radius 3 is 2.48 bits per heavy atom. The molecular formula is C20H17F2N5O2. The van der Waals surface area contributed by atoms with Gasteiger partial charge < -0.3 is 15.2 Å². The van der Waals surface area contributed by atoms with E-state index in [9.17, 15) is 13.9 Å². The summed E-state index contributed by atoms with van der Waals surface area (Å²) in [5, 5.41) is 21.9. The molecule has 0 saturated carbocycles. The first-order valence-electron chi connectivity index (χ1n) is 8.83. The van der Waals surface area contributed by atoms with Gasteiger partial charge in [-0.25, -0.2) is 0 Å². The SMILES string of the molecule is O[C@H](CNc1cncc2nnc(-c3ccc(OC(F)F)cc3)n12)c1ccccc1. The minimum absolute atomic E-state index is 0.0589. The fraction of sp³-hybridized carbons (Fsp3) is 0.150. The Hall–Kier alpha value is -3.59. The van der Waals surface area contributed by atoms with Gasteiger partial charge >= 0.3 is 6.61 Å². The third kappa shape index (κ3) is 4.14. The van der Waals surface area contributed by atoms with Crippen molar-refractivity contribution in [2.24, 2.45) is 0 Å². The van der Waals surface area contributed by atoms with E-state index in [1.165, 1.54) is 12.1 Å². The van der Waals surface area contributed by atoms with Crippen molar-refractivity contribution in [2.75, 3.05) is 11.9 Å². The number of benzene rings is 2. The molecule has 0 radical (unpaired) electrons. The van der Waals surface area contributed by atoms with Crippen LogP contribution in [-0.4, -0.2) is 37.8 Å². The van der Waals surface area contributed by atoms with Crippen LogP contribution in [0, 0.1) is 0 Å². The van der Waals surface area contributed by atoms with Crippen LogP contribution in [0.1, 0.15) is 11.7 Å². The molecule has 7 nitrogen and oxygen atoms in total. The maximum atomic E-state index is 12.3. The average molecular weight is 397 g/mol. The summed E-state index contributed by atoms with van der Waals surface area (Å²) < 4.78 is 30.8. The normalized spacial score (nSPS) is 12.3. The quantitative estimate of drug-likeness (QED) is 0.496. The maximum absolute atomic E-state index is 12.3. The summed E-state index contributed by atoms with van der Waals surface area (Å²) in [6.07, 6.45) is 2.45. The number of hydrogen-bond acceptors (Lipinski definition) is 6. The Kier molecular flexibility index (Phi) is 5.30. The lowest BCUT2D eigenvalue weighted by Crippen LogP contribution is -2.14. The molecule has 0 bridgehead atoms. The van der Waals surface area contributed by atoms with Gasteiger partial charge in [0.05, 0.1) is 18.5 Å². The van der Waals surface area contributed by atoms with Crippen molar-refractivity contribution in [2.45, 2.75) is 12.7 Å². The molecule has 0 unspecified atom stereocenters. The Bertz CT molecular complexity index is 1090. The molecule has 0 fully saturated rings. The van der Waals surface area contributed by atoms with Crippen LogP contribution in [0.3, 0.4) is 0 Å². The summed E-state index contributed by atoms with van der Waals surface area (Å²) in [5.74, 6) is 1.15. The van der Waals surface area contributed by atoms with Gasteiger partial charge in [0.15, 0.2) is 11.5 Å². The third-order valence-corrected chi connectivity index (χ3v) is 4.31. The van der Waals surface area contributed by atoms with Crippen molar-refractivity contribution >= 4 is 11.5 Å². The fourth-order valence-electron chi connectivity index (χ4n) is 2.94. The molecule has 0 saturated heterocycles. The Labute approximate surface area is 164 Å². The first-order chi connectivity index (χ1) is 14.1. The van der Waals surface area contributed by atoms with Gasteiger partial charge in [0.25, 0.3) is 0 Å². The number of alkyl halides is 2. The molecule has 9 heteroatoms. The number of fused-ring (bicyclic) bond motifs is 1. The molecule has 0 amide bonds. The molecule has 1 atom stereocenters. The Morgan fingerprint density at radius 2 is 1.76 bits per heavy atom. The summed E-state index contributed by atoms with van der Waals surface area (Å²) in [6.45, 7) is -2.63. The highest BCUT2D eigenvalue weighted by molar-refractivity contribution is 5.63. The van der Waals surface area contributed by atoms with Crippen molar-refractivity contribution in [1.29, 1.82) is 0 Å². The highest BCUT2D eigenvalue weighted by Crippen LogP contribution is 2.25. The predicted octanol–water partition coefficient (Wildman–Crippen LogP) is 3.54. The molecule has 2 aromatic heterocycles. The van der Waals surface area contributed by atoms with Crippen molar-refractivity contribution in [3.05, 3.63) is 72.6 Å². The van der Waals surface area contributed by atoms with Gasteiger partial charge in [-0.1, -0.05) is 30.3 Å². The number of aliphatic hydroxyl groups excluding tert-OH is 1. The lowest BCUT2D eigenvalue weighted by molar-refractivity contribution is -0.0498. The summed E-state index contributed by atoms with van der Waals surface area (Å²) in [7, 11) is 0. The molecular weight excluding hydrogens is 380 g/mol. The minimum Gasteiger partial charge on any atom is -0.435 e. The van der Waals surface area contributed by atoms with E-state index in [0.29, 0.717) is 22.9 Å². The maximum Gasteiger partial charge on any atom is 0.387 e. The van der Waals surface area contributed by atoms with Crippen LogP contribution in [0.25, 0.3) is 17.0 Å². The van der Waals surface area contributed by atoms with Crippen LogP contribution >= 0.6 is 0 Å². The fourth-order valence-corrected chi connectivity index (χ4v) is 2.94. The second kappa shape index (κ2) is 8.19. The molecule has 4 aromatic rings. The standard InChI is InChI=1S/C20H17F2N5O2/c21-20(22)29-15-8-6-14(7-9-15)19-26-25-18-12-23-11-17(27(18)19)24-10-16(28)13-4-2-1-3-5-13/h1-9,11-12,16,20,24,28H,10H2/t16-/m1/s1. The van der Waals surface area contributed by atoms with Crippen LogP contribution in [-0.2, 0) is 0 Å². The molecule has 0 aliphatic carbocycles. The highest BCUT2D eigenvalue weighted by atomic mass is 19.3. The molecule has 2 aromatic carbocycles. The lowest BCUT2D eigenvalue weighted by atomic mass is 10.1. The second-order valence-electron chi connectivity index (χ2n) is 6.22. The topological polar surface area (TPSA) is 84.6 Å². The zero-order chi connectivity index (χ0) is 20.2. The number of aliphatic hydroxyl groups is 1. The number of aromatic nitrogens is 4. The predicted molar refractivity (Wildman–Crippen MR) is 103 cm³/mol. The van der Waals surface area contributed by atoms with E-state index in [2.05, 4.69) is 25.2 Å². The van der Waals surface area contributed by atoms with Crippen molar-refractivity contribution < 1.29 is 18.6 Å². The van der Waals surface area contributed by atoms with E-state index in [4.69, 9.17) is 0 Å². The van der Waals surface area contributed by atoms with Crippen LogP contribution in [0.5, 0.6) is 5.75 Å². The number of nitrogens with one attached hydrogen (secondary N) is 1. The monoisotopic (exact) mass is 397 g/mol. The van der Waals surface area contributed by atoms with Crippen molar-refractivity contribution in [1.82, 2.24) is 19.6 Å². The van der Waals surface area contributed by atoms with E-state index in [1.54, 1.807) is 28.9 Å². The third-order valence-electron chi connectivity index (χ3n) is 4.31. The molecule has 4 rings (SSSR count). The van der Waals surface area contributed by atoms with Gasteiger partial charge in [0.2, 0.25) is 0 Å². The number of hydrogen-bond donors (Lipinski definition) is 2. The highest BCUT2D eigenvalue weighted by Gasteiger charge is 2.14. The van der Waals surface area contributed by atoms with E-state index < -0.39 is 12.7 Å². The minimum atomic E-state index is -2.88. The summed E-state index contributed by atoms with van der Waals surface area (Å²) in [4.78, 5) is 4.15. The van der Waals surface area contributed by atoms with E-state index in [-0.39, 0.29) is 12.3 Å². The van der Waals surface area contributed by atoms with Gasteiger partial charge in [0, 0.05) is 12.1 Å². The van der Waals surface area contributed by atoms with Gasteiger partial charge in [-0.3, -0.25) is 9.38 Å². The number of halogens is 2. The smallest absolute Gasteiger partial charge is 0.387 e. The molecule has 2 N–H and O–H groups in total. The Morgan fingerprint density at radius 1 is 1.00 bits per heavy atom. The number of nitrogens with zero attached hydrogens (tertiary/aromatic N) is 4. The van der Waals surface area contributed by atoms with Gasteiger partial charge in [0.1, 0.15) is 11.6 Å². The van der Waals surface area contributed by atoms with Crippen LogP contribution in [0.15, 0.2) is 67.0 Å². The van der Waals surface area contributed by atoms with Gasteiger partial charge in [-0.2, -0.15) is 8.78 Å². The largest absolute Gasteiger partial charge is 0.435 e. The molecule has 2 heterocycles. The molecule has 0 spiro atoms. The van der Waals surface area contributed by atoms with Crippen molar-refractivity contribution in [3.8, 4) is 17.1 Å². The molecule has 29 heavy (non-hydrogen) atoms. The molecule has 0 aliphatic heterocycles. The van der Waals surface area contributed by atoms with Crippen LogP contribution in [0.2, 0.25) is 0 Å². The van der Waals surface area contributed by atoms with Crippen LogP contribution < -0.4 is 10.1 Å². The van der Waals surface area contributed by atoms with Crippen LogP contribution in [0.4, 0.5) is 14.6 Å². The average Bonchev–Trinajstić information content (AvgIpc) is 3.17.